The molecule has 3 N–H and O–H groups in total. The van der Waals surface area contributed by atoms with Crippen molar-refractivity contribution in [2.75, 3.05) is 12.4 Å². The molecule has 0 saturated carbocycles. The number of carbonyl (C=O) groups excluding carboxylic acids is 1. The van der Waals surface area contributed by atoms with Crippen molar-refractivity contribution in [3.63, 3.8) is 0 Å². The number of benzene rings is 2. The summed E-state index contributed by atoms with van der Waals surface area (Å²) in [4.78, 5) is 23.2. The molecule has 9 heteroatoms. The van der Waals surface area contributed by atoms with Gasteiger partial charge in [0.05, 0.1) is 27.9 Å². The minimum absolute atomic E-state index is 0.0126. The molecule has 2 aromatic rings. The van der Waals surface area contributed by atoms with Crippen LogP contribution in [-0.2, 0) is 0 Å². The van der Waals surface area contributed by atoms with Crippen molar-refractivity contribution in [3.05, 3.63) is 57.0 Å². The summed E-state index contributed by atoms with van der Waals surface area (Å²) in [5.74, 6) is -0.946. The van der Waals surface area contributed by atoms with Gasteiger partial charge in [0.25, 0.3) is 5.91 Å². The van der Waals surface area contributed by atoms with Gasteiger partial charge in [0, 0.05) is 5.56 Å². The maximum atomic E-state index is 12.2. The third kappa shape index (κ3) is 4.91. The average Bonchev–Trinajstić information content (AvgIpc) is 2.56. The number of carbonyl (C=O) groups is 2. The molecule has 6 nitrogen and oxygen atoms in total. The first kappa shape index (κ1) is 19.2. The van der Waals surface area contributed by atoms with E-state index in [2.05, 4.69) is 26.6 Å². The minimum Gasteiger partial charge on any atom is -0.496 e. The van der Waals surface area contributed by atoms with E-state index in [9.17, 15) is 9.59 Å². The highest BCUT2D eigenvalue weighted by molar-refractivity contribution is 9.10. The molecule has 1 amide bonds. The molecule has 0 unspecified atom stereocenters. The molecule has 0 fully saturated rings. The van der Waals surface area contributed by atoms with Gasteiger partial charge in [0.2, 0.25) is 0 Å². The van der Waals surface area contributed by atoms with E-state index in [4.69, 9.17) is 33.7 Å². The number of amides is 1. The Morgan fingerprint density at radius 3 is 2.48 bits per heavy atom. The highest BCUT2D eigenvalue weighted by Crippen LogP contribution is 2.26. The largest absolute Gasteiger partial charge is 0.496 e. The highest BCUT2D eigenvalue weighted by atomic mass is 79.9. The standard InChI is InChI=1S/C16H12BrClN2O4S/c1-24-13-5-3-8(6-10(13)17)14(21)20-16(25)19-12-7-9(15(22)23)2-4-11(12)18/h2-7H,1H3,(H,22,23)(H2,19,20,21,25). The number of hydrogen-bond donors (Lipinski definition) is 3. The smallest absolute Gasteiger partial charge is 0.335 e. The van der Waals surface area contributed by atoms with E-state index < -0.39 is 11.9 Å². The number of rotatable bonds is 4. The van der Waals surface area contributed by atoms with Gasteiger partial charge in [-0.25, -0.2) is 4.79 Å². The predicted octanol–water partition coefficient (Wildman–Crippen LogP) is 3.94. The van der Waals surface area contributed by atoms with E-state index >= 15 is 0 Å². The van der Waals surface area contributed by atoms with Crippen LogP contribution in [0, 0.1) is 0 Å². The van der Waals surface area contributed by atoms with Crippen molar-refractivity contribution >= 4 is 62.4 Å². The fourth-order valence-corrected chi connectivity index (χ4v) is 2.80. The molecule has 0 aliphatic carbocycles. The number of halogens is 2. The fourth-order valence-electron chi connectivity index (χ4n) is 1.89. The van der Waals surface area contributed by atoms with Crippen LogP contribution in [0.1, 0.15) is 20.7 Å². The van der Waals surface area contributed by atoms with E-state index in [-0.39, 0.29) is 21.4 Å². The van der Waals surface area contributed by atoms with Crippen LogP contribution in [0.15, 0.2) is 40.9 Å². The molecule has 0 spiro atoms. The van der Waals surface area contributed by atoms with Gasteiger partial charge in [0.1, 0.15) is 5.75 Å². The summed E-state index contributed by atoms with van der Waals surface area (Å²) in [5, 5.41) is 14.5. The van der Waals surface area contributed by atoms with Crippen molar-refractivity contribution < 1.29 is 19.4 Å². The Bertz CT molecular complexity index is 860. The lowest BCUT2D eigenvalue weighted by Gasteiger charge is -2.12. The molecule has 25 heavy (non-hydrogen) atoms. The van der Waals surface area contributed by atoms with Crippen LogP contribution in [0.4, 0.5) is 5.69 Å². The molecule has 0 aromatic heterocycles. The maximum Gasteiger partial charge on any atom is 0.335 e. The Balaban J connectivity index is 2.10. The van der Waals surface area contributed by atoms with E-state index in [1.807, 2.05) is 0 Å². The lowest BCUT2D eigenvalue weighted by atomic mass is 10.2. The summed E-state index contributed by atoms with van der Waals surface area (Å²) in [6.45, 7) is 0. The summed E-state index contributed by atoms with van der Waals surface area (Å²) >= 11 is 14.4. The molecule has 0 heterocycles. The number of hydrogen-bond acceptors (Lipinski definition) is 4. The lowest BCUT2D eigenvalue weighted by molar-refractivity contribution is 0.0696. The van der Waals surface area contributed by atoms with Gasteiger partial charge in [0.15, 0.2) is 5.11 Å². The molecule has 0 radical (unpaired) electrons. The number of methoxy groups -OCH3 is 1. The number of nitrogens with one attached hydrogen (secondary N) is 2. The molecular formula is C16H12BrClN2O4S. The number of ether oxygens (including phenoxy) is 1. The van der Waals surface area contributed by atoms with E-state index in [1.54, 1.807) is 18.2 Å². The Morgan fingerprint density at radius 1 is 1.20 bits per heavy atom. The Labute approximate surface area is 162 Å². The normalized spacial score (nSPS) is 10.0. The number of aromatic carboxylic acids is 1. The Morgan fingerprint density at radius 2 is 1.88 bits per heavy atom. The predicted molar refractivity (Wildman–Crippen MR) is 103 cm³/mol. The zero-order chi connectivity index (χ0) is 18.6. The third-order valence-electron chi connectivity index (χ3n) is 3.10. The number of anilines is 1. The van der Waals surface area contributed by atoms with Crippen LogP contribution < -0.4 is 15.4 Å². The molecule has 0 aliphatic heterocycles. The van der Waals surface area contributed by atoms with Crippen LogP contribution in [0.3, 0.4) is 0 Å². The Hall–Kier alpha value is -2.16. The highest BCUT2D eigenvalue weighted by Gasteiger charge is 2.13. The summed E-state index contributed by atoms with van der Waals surface area (Å²) in [7, 11) is 1.52. The van der Waals surface area contributed by atoms with Gasteiger partial charge in [-0.2, -0.15) is 0 Å². The molecule has 0 atom stereocenters. The van der Waals surface area contributed by atoms with E-state index in [1.165, 1.54) is 25.3 Å². The fraction of sp³-hybridized carbons (Fsp3) is 0.0625. The quantitative estimate of drug-likeness (QED) is 0.621. The second-order valence-corrected chi connectivity index (χ2v) is 6.43. The molecule has 130 valence electrons. The van der Waals surface area contributed by atoms with Crippen LogP contribution in [0.25, 0.3) is 0 Å². The lowest BCUT2D eigenvalue weighted by Crippen LogP contribution is -2.34. The van der Waals surface area contributed by atoms with Gasteiger partial charge in [-0.1, -0.05) is 11.6 Å². The number of carboxylic acid groups (broad SMARTS) is 1. The van der Waals surface area contributed by atoms with E-state index in [0.29, 0.717) is 15.8 Å². The second kappa shape index (κ2) is 8.28. The van der Waals surface area contributed by atoms with Crippen LogP contribution in [0.2, 0.25) is 5.02 Å². The molecule has 0 saturated heterocycles. The first-order chi connectivity index (χ1) is 11.8. The van der Waals surface area contributed by atoms with Gasteiger partial charge in [-0.05, 0) is 64.5 Å². The van der Waals surface area contributed by atoms with Gasteiger partial charge < -0.3 is 15.2 Å². The molecule has 0 aliphatic rings. The first-order valence-corrected chi connectivity index (χ1v) is 8.38. The van der Waals surface area contributed by atoms with Crippen molar-refractivity contribution in [1.29, 1.82) is 0 Å². The van der Waals surface area contributed by atoms with Crippen molar-refractivity contribution in [3.8, 4) is 5.75 Å². The molecular weight excluding hydrogens is 432 g/mol. The zero-order valence-corrected chi connectivity index (χ0v) is 16.0. The van der Waals surface area contributed by atoms with Gasteiger partial charge in [-0.3, -0.25) is 10.1 Å². The summed E-state index contributed by atoms with van der Waals surface area (Å²) in [6, 6.07) is 8.94. The van der Waals surface area contributed by atoms with Gasteiger partial charge >= 0.3 is 5.97 Å². The van der Waals surface area contributed by atoms with Crippen LogP contribution >= 0.6 is 39.7 Å². The number of carboxylic acids is 1. The summed E-state index contributed by atoms with van der Waals surface area (Å²) in [6.07, 6.45) is 0. The number of thiocarbonyl (C=S) groups is 1. The van der Waals surface area contributed by atoms with Crippen LogP contribution in [-0.4, -0.2) is 29.2 Å². The second-order valence-electron chi connectivity index (χ2n) is 4.76. The average molecular weight is 444 g/mol. The van der Waals surface area contributed by atoms with Crippen molar-refractivity contribution in [2.45, 2.75) is 0 Å². The topological polar surface area (TPSA) is 87.7 Å². The van der Waals surface area contributed by atoms with Gasteiger partial charge in [-0.15, -0.1) is 0 Å². The summed E-state index contributed by atoms with van der Waals surface area (Å²) in [5.41, 5.74) is 0.685. The van der Waals surface area contributed by atoms with Crippen molar-refractivity contribution in [2.24, 2.45) is 0 Å². The minimum atomic E-state index is -1.10. The molecule has 0 bridgehead atoms. The third-order valence-corrected chi connectivity index (χ3v) is 4.26. The Kier molecular flexibility index (Phi) is 6.35. The first-order valence-electron chi connectivity index (χ1n) is 6.80. The van der Waals surface area contributed by atoms with Crippen molar-refractivity contribution in [1.82, 2.24) is 5.32 Å². The SMILES string of the molecule is COc1ccc(C(=O)NC(=S)Nc2cc(C(=O)O)ccc2Cl)cc1Br. The maximum absolute atomic E-state index is 12.2. The van der Waals surface area contributed by atoms with E-state index in [0.717, 1.165) is 0 Å². The van der Waals surface area contributed by atoms with Crippen LogP contribution in [0.5, 0.6) is 5.75 Å². The molecule has 2 aromatic carbocycles. The summed E-state index contributed by atoms with van der Waals surface area (Å²) < 4.78 is 5.73. The zero-order valence-electron chi connectivity index (χ0n) is 12.8. The monoisotopic (exact) mass is 442 g/mol. The molecule has 2 rings (SSSR count).